The summed E-state index contributed by atoms with van der Waals surface area (Å²) in [6, 6.07) is 18.7. The standard InChI is InChI=1S/C17H13NO4/c19-17(22-14-10-8-13(9-11-14)18(20)21)16-7-3-5-12-4-1-2-6-15(12)16/h1-11,18,20H. The van der Waals surface area contributed by atoms with Crippen molar-refractivity contribution in [1.82, 2.24) is 0 Å². The smallest absolute Gasteiger partial charge is 0.344 e. The molecule has 110 valence electrons. The molecule has 0 aromatic heterocycles. The molecule has 3 rings (SSSR count). The van der Waals surface area contributed by atoms with Gasteiger partial charge in [0.1, 0.15) is 5.75 Å². The lowest BCUT2D eigenvalue weighted by Gasteiger charge is -2.12. The van der Waals surface area contributed by atoms with Gasteiger partial charge in [0.05, 0.1) is 5.56 Å². The molecule has 1 atom stereocenters. The van der Waals surface area contributed by atoms with Crippen LogP contribution < -0.4 is 9.96 Å². The van der Waals surface area contributed by atoms with Crippen molar-refractivity contribution in [2.75, 3.05) is 0 Å². The Balaban J connectivity index is 1.87. The summed E-state index contributed by atoms with van der Waals surface area (Å²) in [6.07, 6.45) is 0. The van der Waals surface area contributed by atoms with E-state index in [4.69, 9.17) is 9.94 Å². The largest absolute Gasteiger partial charge is 0.595 e. The Kier molecular flexibility index (Phi) is 3.84. The van der Waals surface area contributed by atoms with E-state index in [-0.39, 0.29) is 5.69 Å². The van der Waals surface area contributed by atoms with Crippen molar-refractivity contribution in [3.8, 4) is 5.75 Å². The molecule has 0 saturated carbocycles. The number of benzene rings is 3. The molecule has 0 saturated heterocycles. The molecule has 22 heavy (non-hydrogen) atoms. The van der Waals surface area contributed by atoms with Gasteiger partial charge in [0, 0.05) is 12.1 Å². The third kappa shape index (κ3) is 2.82. The topological polar surface area (TPSA) is 74.0 Å². The second-order valence-electron chi connectivity index (χ2n) is 4.75. The third-order valence-electron chi connectivity index (χ3n) is 3.32. The van der Waals surface area contributed by atoms with E-state index in [0.29, 0.717) is 11.3 Å². The molecule has 5 heteroatoms. The fourth-order valence-corrected chi connectivity index (χ4v) is 2.23. The highest BCUT2D eigenvalue weighted by molar-refractivity contribution is 6.05. The van der Waals surface area contributed by atoms with Gasteiger partial charge in [-0.1, -0.05) is 36.4 Å². The second-order valence-corrected chi connectivity index (χ2v) is 4.75. The summed E-state index contributed by atoms with van der Waals surface area (Å²) >= 11 is 0. The first-order chi connectivity index (χ1) is 10.6. The zero-order valence-corrected chi connectivity index (χ0v) is 11.5. The first-order valence-electron chi connectivity index (χ1n) is 6.68. The van der Waals surface area contributed by atoms with Gasteiger partial charge >= 0.3 is 5.97 Å². The predicted octanol–water partition coefficient (Wildman–Crippen LogP) is 2.46. The molecule has 0 amide bonds. The number of esters is 1. The van der Waals surface area contributed by atoms with Crippen LogP contribution in [0.1, 0.15) is 10.4 Å². The molecule has 2 N–H and O–H groups in total. The van der Waals surface area contributed by atoms with Gasteiger partial charge in [0.25, 0.3) is 0 Å². The quantitative estimate of drug-likeness (QED) is 0.442. The number of hydrogen-bond acceptors (Lipinski definition) is 4. The van der Waals surface area contributed by atoms with Crippen LogP contribution in [0.4, 0.5) is 5.69 Å². The number of hydrogen-bond donors (Lipinski definition) is 2. The summed E-state index contributed by atoms with van der Waals surface area (Å²) in [5, 5.41) is 20.4. The molecule has 0 aliphatic carbocycles. The summed E-state index contributed by atoms with van der Waals surface area (Å²) in [4.78, 5) is 12.3. The van der Waals surface area contributed by atoms with Gasteiger partial charge in [-0.2, -0.15) is 5.23 Å². The Bertz CT molecular complexity index is 807. The molecular weight excluding hydrogens is 282 g/mol. The van der Waals surface area contributed by atoms with Crippen LogP contribution in [0.2, 0.25) is 0 Å². The number of fused-ring (bicyclic) bond motifs is 1. The number of carbonyl (C=O) groups is 1. The maximum absolute atomic E-state index is 12.3. The van der Waals surface area contributed by atoms with E-state index >= 15 is 0 Å². The minimum absolute atomic E-state index is 0.143. The van der Waals surface area contributed by atoms with E-state index in [1.165, 1.54) is 24.3 Å². The molecule has 0 spiro atoms. The summed E-state index contributed by atoms with van der Waals surface area (Å²) in [5.74, 6) is -0.164. The molecule has 0 heterocycles. The van der Waals surface area contributed by atoms with E-state index in [0.717, 1.165) is 10.8 Å². The van der Waals surface area contributed by atoms with E-state index < -0.39 is 11.2 Å². The predicted molar refractivity (Wildman–Crippen MR) is 81.1 cm³/mol. The fraction of sp³-hybridized carbons (Fsp3) is 0. The molecule has 3 aromatic carbocycles. The van der Waals surface area contributed by atoms with Gasteiger partial charge in [0.15, 0.2) is 5.69 Å². The monoisotopic (exact) mass is 295 g/mol. The maximum Gasteiger partial charge on any atom is 0.344 e. The van der Waals surface area contributed by atoms with Crippen LogP contribution in [-0.4, -0.2) is 11.2 Å². The van der Waals surface area contributed by atoms with Crippen molar-refractivity contribution >= 4 is 22.4 Å². The average molecular weight is 295 g/mol. The maximum atomic E-state index is 12.3. The Hall–Kier alpha value is -2.73. The van der Waals surface area contributed by atoms with Crippen LogP contribution in [-0.2, 0) is 0 Å². The van der Waals surface area contributed by atoms with Crippen molar-refractivity contribution < 1.29 is 20.0 Å². The van der Waals surface area contributed by atoms with E-state index in [1.54, 1.807) is 12.1 Å². The Morgan fingerprint density at radius 1 is 0.955 bits per heavy atom. The van der Waals surface area contributed by atoms with Crippen molar-refractivity contribution in [3.63, 3.8) is 0 Å². The second kappa shape index (κ2) is 5.95. The lowest BCUT2D eigenvalue weighted by molar-refractivity contribution is -0.991. The first kappa shape index (κ1) is 14.2. The van der Waals surface area contributed by atoms with E-state index in [9.17, 15) is 10.0 Å². The Morgan fingerprint density at radius 3 is 2.36 bits per heavy atom. The molecule has 1 unspecified atom stereocenters. The molecule has 0 radical (unpaired) electrons. The fourth-order valence-electron chi connectivity index (χ4n) is 2.23. The molecule has 0 aliphatic rings. The van der Waals surface area contributed by atoms with Gasteiger partial charge in [-0.25, -0.2) is 10.0 Å². The average Bonchev–Trinajstić information content (AvgIpc) is 2.54. The number of ether oxygens (including phenoxy) is 1. The first-order valence-corrected chi connectivity index (χ1v) is 6.68. The van der Waals surface area contributed by atoms with Crippen LogP contribution in [0.5, 0.6) is 5.75 Å². The number of rotatable bonds is 3. The van der Waals surface area contributed by atoms with Crippen LogP contribution in [0.25, 0.3) is 10.8 Å². The Morgan fingerprint density at radius 2 is 1.64 bits per heavy atom. The molecule has 0 aliphatic heterocycles. The van der Waals surface area contributed by atoms with E-state index in [1.807, 2.05) is 30.3 Å². The van der Waals surface area contributed by atoms with Crippen molar-refractivity contribution in [1.29, 1.82) is 0 Å². The van der Waals surface area contributed by atoms with Crippen molar-refractivity contribution in [2.24, 2.45) is 0 Å². The van der Waals surface area contributed by atoms with Gasteiger partial charge < -0.3 is 9.94 Å². The normalized spacial score (nSPS) is 12.1. The lowest BCUT2D eigenvalue weighted by Crippen LogP contribution is -2.99. The van der Waals surface area contributed by atoms with Gasteiger partial charge in [-0.15, -0.1) is 0 Å². The Labute approximate surface area is 126 Å². The van der Waals surface area contributed by atoms with Gasteiger partial charge in [-0.3, -0.25) is 0 Å². The highest BCUT2D eigenvalue weighted by atomic mass is 16.8. The number of quaternary nitrogens is 1. The summed E-state index contributed by atoms with van der Waals surface area (Å²) in [7, 11) is 0. The minimum atomic E-state index is -1.02. The van der Waals surface area contributed by atoms with Crippen LogP contribution in [0.15, 0.2) is 66.7 Å². The summed E-state index contributed by atoms with van der Waals surface area (Å²) in [6.45, 7) is 0. The van der Waals surface area contributed by atoms with E-state index in [2.05, 4.69) is 0 Å². The lowest BCUT2D eigenvalue weighted by atomic mass is 10.0. The third-order valence-corrected chi connectivity index (χ3v) is 3.32. The molecule has 0 bridgehead atoms. The molecule has 3 aromatic rings. The molecule has 0 fully saturated rings. The molecular formula is C17H13NO4. The van der Waals surface area contributed by atoms with Crippen LogP contribution in [0.3, 0.4) is 0 Å². The number of nitrogens with one attached hydrogen (secondary N) is 1. The van der Waals surface area contributed by atoms with Gasteiger partial charge in [0.2, 0.25) is 0 Å². The van der Waals surface area contributed by atoms with Crippen molar-refractivity contribution in [3.05, 3.63) is 77.5 Å². The van der Waals surface area contributed by atoms with Crippen molar-refractivity contribution in [2.45, 2.75) is 0 Å². The summed E-state index contributed by atoms with van der Waals surface area (Å²) < 4.78 is 5.31. The molecule has 5 nitrogen and oxygen atoms in total. The minimum Gasteiger partial charge on any atom is -0.595 e. The highest BCUT2D eigenvalue weighted by Gasteiger charge is 2.12. The summed E-state index contributed by atoms with van der Waals surface area (Å²) in [5.41, 5.74) is 0.616. The van der Waals surface area contributed by atoms with Crippen LogP contribution >= 0.6 is 0 Å². The zero-order chi connectivity index (χ0) is 15.5. The van der Waals surface area contributed by atoms with Crippen LogP contribution in [0, 0.1) is 5.21 Å². The zero-order valence-electron chi connectivity index (χ0n) is 11.5. The van der Waals surface area contributed by atoms with Gasteiger partial charge in [-0.05, 0) is 29.0 Å². The SMILES string of the molecule is O=C(Oc1ccc([NH+]([O-])O)cc1)c1cccc2ccccc12. The highest BCUT2D eigenvalue weighted by Crippen LogP contribution is 2.21. The number of carbonyl (C=O) groups excluding carboxylic acids is 1.